The van der Waals surface area contributed by atoms with Crippen LogP contribution in [0.15, 0.2) is 36.4 Å². The van der Waals surface area contributed by atoms with E-state index in [1.54, 1.807) is 32.0 Å². The Morgan fingerprint density at radius 3 is 2.62 bits per heavy atom. The van der Waals surface area contributed by atoms with Crippen molar-refractivity contribution in [1.82, 2.24) is 10.2 Å². The number of hydrogen-bond acceptors (Lipinski definition) is 5. The largest absolute Gasteiger partial charge is 0.486 e. The summed E-state index contributed by atoms with van der Waals surface area (Å²) in [6, 6.07) is 9.43. The van der Waals surface area contributed by atoms with Crippen LogP contribution in [0.1, 0.15) is 37.0 Å². The molecule has 0 unspecified atom stereocenters. The molecule has 0 bridgehead atoms. The number of aryl methyl sites for hydroxylation is 2. The first-order valence-corrected chi connectivity index (χ1v) is 10.9. The number of amides is 4. The van der Waals surface area contributed by atoms with E-state index in [1.165, 1.54) is 11.1 Å². The first-order valence-electron chi connectivity index (χ1n) is 10.9. The van der Waals surface area contributed by atoms with Gasteiger partial charge in [0.05, 0.1) is 0 Å². The highest BCUT2D eigenvalue weighted by molar-refractivity contribution is 6.11. The molecule has 1 aliphatic carbocycles. The Morgan fingerprint density at radius 2 is 1.81 bits per heavy atom. The van der Waals surface area contributed by atoms with E-state index in [2.05, 4.69) is 10.6 Å². The van der Waals surface area contributed by atoms with Crippen LogP contribution in [0, 0.1) is 0 Å². The highest BCUT2D eigenvalue weighted by Crippen LogP contribution is 2.35. The first kappa shape index (κ1) is 20.4. The van der Waals surface area contributed by atoms with Crippen molar-refractivity contribution < 1.29 is 23.9 Å². The van der Waals surface area contributed by atoms with Crippen molar-refractivity contribution in [3.8, 4) is 11.5 Å². The van der Waals surface area contributed by atoms with Gasteiger partial charge in [0.2, 0.25) is 5.91 Å². The average Bonchev–Trinajstić information content (AvgIpc) is 3.35. The minimum atomic E-state index is -1.21. The van der Waals surface area contributed by atoms with Crippen LogP contribution in [-0.2, 0) is 28.0 Å². The summed E-state index contributed by atoms with van der Waals surface area (Å²) in [5, 5.41) is 5.56. The van der Waals surface area contributed by atoms with Crippen LogP contribution in [0.2, 0.25) is 0 Å². The minimum Gasteiger partial charge on any atom is -0.486 e. The molecular weight excluding hydrogens is 410 g/mol. The normalized spacial score (nSPS) is 22.4. The molecule has 32 heavy (non-hydrogen) atoms. The van der Waals surface area contributed by atoms with E-state index in [4.69, 9.17) is 9.47 Å². The average molecular weight is 435 g/mol. The Bertz CT molecular complexity index is 1130. The van der Waals surface area contributed by atoms with Crippen LogP contribution in [0.5, 0.6) is 11.5 Å². The molecule has 4 amide bonds. The van der Waals surface area contributed by atoms with Crippen LogP contribution in [0.4, 0.5) is 10.5 Å². The lowest BCUT2D eigenvalue weighted by atomic mass is 9.89. The minimum absolute atomic E-state index is 0.435. The number of hydrogen-bond donors (Lipinski definition) is 2. The maximum absolute atomic E-state index is 13.4. The predicted octanol–water partition coefficient (Wildman–Crippen LogP) is 2.74. The number of carbonyl (C=O) groups excluding carboxylic acids is 3. The molecular formula is C24H25N3O5. The van der Waals surface area contributed by atoms with Crippen molar-refractivity contribution in [2.45, 2.75) is 44.7 Å². The molecule has 2 aliphatic heterocycles. The third kappa shape index (κ3) is 3.26. The predicted molar refractivity (Wildman–Crippen MR) is 117 cm³/mol. The highest BCUT2D eigenvalue weighted by atomic mass is 16.6. The zero-order valence-corrected chi connectivity index (χ0v) is 18.1. The molecule has 166 valence electrons. The first-order chi connectivity index (χ1) is 15.4. The number of rotatable bonds is 4. The zero-order chi connectivity index (χ0) is 22.5. The molecule has 1 saturated heterocycles. The van der Waals surface area contributed by atoms with Gasteiger partial charge in [-0.15, -0.1) is 0 Å². The Morgan fingerprint density at radius 1 is 1.06 bits per heavy atom. The SMILES string of the molecule is C[C@@H](C(=O)Nc1ccc2c(c1)OCCO2)N1C(=O)N[C@@](C)(c2ccc3c(c2)CCC3)C1=O. The molecule has 0 spiro atoms. The number of ether oxygens (including phenoxy) is 2. The summed E-state index contributed by atoms with van der Waals surface area (Å²) in [5.74, 6) is 0.246. The lowest BCUT2D eigenvalue weighted by molar-refractivity contribution is -0.136. The summed E-state index contributed by atoms with van der Waals surface area (Å²) < 4.78 is 11.0. The Labute approximate surface area is 185 Å². The van der Waals surface area contributed by atoms with Crippen molar-refractivity contribution in [3.63, 3.8) is 0 Å². The van der Waals surface area contributed by atoms with Crippen molar-refractivity contribution in [2.75, 3.05) is 18.5 Å². The van der Waals surface area contributed by atoms with E-state index < -0.39 is 29.4 Å². The fourth-order valence-corrected chi connectivity index (χ4v) is 4.58. The molecule has 2 N–H and O–H groups in total. The third-order valence-electron chi connectivity index (χ3n) is 6.47. The fourth-order valence-electron chi connectivity index (χ4n) is 4.58. The van der Waals surface area contributed by atoms with Gasteiger partial charge in [-0.1, -0.05) is 18.2 Å². The van der Waals surface area contributed by atoms with Gasteiger partial charge in [0.1, 0.15) is 24.8 Å². The quantitative estimate of drug-likeness (QED) is 0.720. The van der Waals surface area contributed by atoms with Crippen molar-refractivity contribution in [1.29, 1.82) is 0 Å². The lowest BCUT2D eigenvalue weighted by Crippen LogP contribution is -2.47. The summed E-state index contributed by atoms with van der Waals surface area (Å²) in [5.41, 5.74) is 2.53. The number of nitrogens with zero attached hydrogens (tertiary/aromatic N) is 1. The van der Waals surface area contributed by atoms with Gasteiger partial charge in [0, 0.05) is 11.8 Å². The number of imide groups is 1. The Balaban J connectivity index is 1.34. The van der Waals surface area contributed by atoms with Gasteiger partial charge in [-0.3, -0.25) is 9.59 Å². The van der Waals surface area contributed by atoms with Gasteiger partial charge in [-0.05, 0) is 61.9 Å². The molecule has 2 atom stereocenters. The van der Waals surface area contributed by atoms with Gasteiger partial charge >= 0.3 is 6.03 Å². The van der Waals surface area contributed by atoms with Gasteiger partial charge in [0.15, 0.2) is 11.5 Å². The third-order valence-corrected chi connectivity index (χ3v) is 6.47. The molecule has 8 nitrogen and oxygen atoms in total. The molecule has 0 aromatic heterocycles. The summed E-state index contributed by atoms with van der Waals surface area (Å²) >= 11 is 0. The molecule has 2 heterocycles. The van der Waals surface area contributed by atoms with Crippen molar-refractivity contribution >= 4 is 23.5 Å². The number of anilines is 1. The van der Waals surface area contributed by atoms with Crippen LogP contribution in [-0.4, -0.2) is 42.0 Å². The van der Waals surface area contributed by atoms with E-state index in [0.717, 1.165) is 29.7 Å². The van der Waals surface area contributed by atoms with Gasteiger partial charge in [0.25, 0.3) is 5.91 Å². The van der Waals surface area contributed by atoms with Crippen molar-refractivity contribution in [3.05, 3.63) is 53.1 Å². The molecule has 1 fully saturated rings. The molecule has 0 radical (unpaired) electrons. The molecule has 2 aromatic rings. The van der Waals surface area contributed by atoms with Crippen LogP contribution >= 0.6 is 0 Å². The maximum atomic E-state index is 13.4. The van der Waals surface area contributed by atoms with Crippen LogP contribution in [0.3, 0.4) is 0 Å². The number of carbonyl (C=O) groups is 3. The van der Waals surface area contributed by atoms with E-state index in [1.807, 2.05) is 18.2 Å². The maximum Gasteiger partial charge on any atom is 0.326 e. The second-order valence-corrected chi connectivity index (χ2v) is 8.59. The lowest BCUT2D eigenvalue weighted by Gasteiger charge is -2.25. The molecule has 8 heteroatoms. The molecule has 0 saturated carbocycles. The van der Waals surface area contributed by atoms with E-state index in [0.29, 0.717) is 30.4 Å². The van der Waals surface area contributed by atoms with Gasteiger partial charge in [-0.2, -0.15) is 0 Å². The second-order valence-electron chi connectivity index (χ2n) is 8.59. The number of nitrogens with one attached hydrogen (secondary N) is 2. The second kappa shape index (κ2) is 7.55. The topological polar surface area (TPSA) is 97.0 Å². The van der Waals surface area contributed by atoms with E-state index >= 15 is 0 Å². The zero-order valence-electron chi connectivity index (χ0n) is 18.1. The number of benzene rings is 2. The fraction of sp³-hybridized carbons (Fsp3) is 0.375. The van der Waals surface area contributed by atoms with Gasteiger partial charge < -0.3 is 20.1 Å². The van der Waals surface area contributed by atoms with Gasteiger partial charge in [-0.25, -0.2) is 9.69 Å². The van der Waals surface area contributed by atoms with Crippen LogP contribution < -0.4 is 20.1 Å². The molecule has 5 rings (SSSR count). The van der Waals surface area contributed by atoms with E-state index in [9.17, 15) is 14.4 Å². The highest BCUT2D eigenvalue weighted by Gasteiger charge is 2.52. The standard InChI is InChI=1S/C24H25N3O5/c1-14(21(28)25-18-8-9-19-20(13-18)32-11-10-31-19)27-22(29)24(2,26-23(27)30)17-7-6-15-4-3-5-16(15)12-17/h6-9,12-14H,3-5,10-11H2,1-2H3,(H,25,28)(H,26,30)/t14-,24-/m0/s1. The van der Waals surface area contributed by atoms with Crippen molar-refractivity contribution in [2.24, 2.45) is 0 Å². The monoisotopic (exact) mass is 435 g/mol. The summed E-state index contributed by atoms with van der Waals surface area (Å²) in [6.07, 6.45) is 3.11. The Hall–Kier alpha value is -3.55. The number of fused-ring (bicyclic) bond motifs is 2. The summed E-state index contributed by atoms with van der Waals surface area (Å²) in [7, 11) is 0. The molecule has 2 aromatic carbocycles. The molecule has 3 aliphatic rings. The van der Waals surface area contributed by atoms with Crippen LogP contribution in [0.25, 0.3) is 0 Å². The smallest absolute Gasteiger partial charge is 0.326 e. The van der Waals surface area contributed by atoms with E-state index in [-0.39, 0.29) is 0 Å². The Kier molecular flexibility index (Phi) is 4.80. The number of urea groups is 1. The summed E-state index contributed by atoms with van der Waals surface area (Å²) in [6.45, 7) is 4.14. The summed E-state index contributed by atoms with van der Waals surface area (Å²) in [4.78, 5) is 40.0.